The highest BCUT2D eigenvalue weighted by Gasteiger charge is 2.38. The summed E-state index contributed by atoms with van der Waals surface area (Å²) in [6, 6.07) is 1.82. The van der Waals surface area contributed by atoms with E-state index in [9.17, 15) is 4.79 Å². The molecule has 0 aromatic carbocycles. The summed E-state index contributed by atoms with van der Waals surface area (Å²) >= 11 is 0. The largest absolute Gasteiger partial charge is 0.361 e. The Labute approximate surface area is 113 Å². The summed E-state index contributed by atoms with van der Waals surface area (Å²) in [6.07, 6.45) is 7.13. The molecule has 4 nitrogen and oxygen atoms in total. The van der Waals surface area contributed by atoms with Crippen LogP contribution >= 0.6 is 0 Å². The molecule has 3 rings (SSSR count). The summed E-state index contributed by atoms with van der Waals surface area (Å²) in [5.41, 5.74) is 0.826. The van der Waals surface area contributed by atoms with Crippen molar-refractivity contribution >= 4 is 5.91 Å². The maximum atomic E-state index is 11.9. The van der Waals surface area contributed by atoms with E-state index < -0.39 is 0 Å². The van der Waals surface area contributed by atoms with E-state index >= 15 is 0 Å². The summed E-state index contributed by atoms with van der Waals surface area (Å²) in [5.74, 6) is 3.22. The number of carbonyl (C=O) groups excluding carboxylic acids is 1. The predicted molar refractivity (Wildman–Crippen MR) is 71.5 cm³/mol. The number of carbonyl (C=O) groups is 1. The summed E-state index contributed by atoms with van der Waals surface area (Å²) in [5, 5.41) is 6.86. The molecule has 104 valence electrons. The molecule has 3 atom stereocenters. The van der Waals surface area contributed by atoms with Gasteiger partial charge in [-0.25, -0.2) is 0 Å². The van der Waals surface area contributed by atoms with E-state index in [1.165, 1.54) is 32.1 Å². The van der Waals surface area contributed by atoms with E-state index in [-0.39, 0.29) is 5.91 Å². The Balaban J connectivity index is 1.45. The first-order valence-corrected chi connectivity index (χ1v) is 7.41. The van der Waals surface area contributed by atoms with Gasteiger partial charge < -0.3 is 9.84 Å². The van der Waals surface area contributed by atoms with Gasteiger partial charge in [0.2, 0.25) is 5.91 Å². The minimum atomic E-state index is 0.0533. The van der Waals surface area contributed by atoms with Crippen molar-refractivity contribution in [1.29, 1.82) is 0 Å². The lowest BCUT2D eigenvalue weighted by Gasteiger charge is -2.18. The number of nitrogens with one attached hydrogen (secondary N) is 1. The maximum absolute atomic E-state index is 11.9. The van der Waals surface area contributed by atoms with E-state index in [1.807, 2.05) is 13.0 Å². The molecule has 0 saturated heterocycles. The van der Waals surface area contributed by atoms with Gasteiger partial charge in [0.25, 0.3) is 0 Å². The molecule has 0 unspecified atom stereocenters. The first kappa shape index (κ1) is 12.7. The molecule has 0 spiro atoms. The molecule has 2 aliphatic rings. The van der Waals surface area contributed by atoms with Crippen molar-refractivity contribution < 1.29 is 9.32 Å². The third kappa shape index (κ3) is 2.82. The zero-order chi connectivity index (χ0) is 13.2. The molecule has 0 radical (unpaired) electrons. The molecule has 2 fully saturated rings. The Kier molecular flexibility index (Phi) is 3.58. The van der Waals surface area contributed by atoms with Crippen LogP contribution in [0.2, 0.25) is 0 Å². The summed E-state index contributed by atoms with van der Waals surface area (Å²) in [6.45, 7) is 2.71. The van der Waals surface area contributed by atoms with Gasteiger partial charge in [-0.1, -0.05) is 18.0 Å². The van der Waals surface area contributed by atoms with Crippen LogP contribution < -0.4 is 5.32 Å². The summed E-state index contributed by atoms with van der Waals surface area (Å²) < 4.78 is 5.07. The number of amides is 1. The molecular formula is C15H22N2O2. The fourth-order valence-corrected chi connectivity index (χ4v) is 3.91. The van der Waals surface area contributed by atoms with E-state index in [0.717, 1.165) is 24.1 Å². The highest BCUT2D eigenvalue weighted by Crippen LogP contribution is 2.47. The molecule has 1 aromatic rings. The first-order chi connectivity index (χ1) is 9.22. The number of nitrogens with zero attached hydrogens (tertiary/aromatic N) is 1. The van der Waals surface area contributed by atoms with Crippen LogP contribution in [-0.2, 0) is 11.2 Å². The van der Waals surface area contributed by atoms with Crippen LogP contribution in [0.3, 0.4) is 0 Å². The van der Waals surface area contributed by atoms with Crippen molar-refractivity contribution in [2.45, 2.75) is 45.4 Å². The van der Waals surface area contributed by atoms with Crippen molar-refractivity contribution in [3.63, 3.8) is 0 Å². The predicted octanol–water partition coefficient (Wildman–Crippen LogP) is 2.47. The van der Waals surface area contributed by atoms with Crippen molar-refractivity contribution in [3.05, 3.63) is 17.5 Å². The van der Waals surface area contributed by atoms with Gasteiger partial charge in [0.05, 0.1) is 12.1 Å². The fraction of sp³-hybridized carbons (Fsp3) is 0.733. The van der Waals surface area contributed by atoms with Crippen LogP contribution in [0.25, 0.3) is 0 Å². The lowest BCUT2D eigenvalue weighted by molar-refractivity contribution is -0.121. The van der Waals surface area contributed by atoms with Crippen LogP contribution in [0.1, 0.15) is 43.6 Å². The second-order valence-corrected chi connectivity index (χ2v) is 6.11. The topological polar surface area (TPSA) is 55.1 Å². The summed E-state index contributed by atoms with van der Waals surface area (Å²) in [4.78, 5) is 11.9. The quantitative estimate of drug-likeness (QED) is 0.907. The molecular weight excluding hydrogens is 240 g/mol. The Bertz CT molecular complexity index is 455. The van der Waals surface area contributed by atoms with Gasteiger partial charge in [-0.2, -0.15) is 0 Å². The first-order valence-electron chi connectivity index (χ1n) is 7.41. The van der Waals surface area contributed by atoms with Crippen molar-refractivity contribution in [1.82, 2.24) is 10.5 Å². The zero-order valence-corrected chi connectivity index (χ0v) is 11.5. The molecule has 4 heteroatoms. The monoisotopic (exact) mass is 262 g/mol. The minimum Gasteiger partial charge on any atom is -0.361 e. The van der Waals surface area contributed by atoms with Gasteiger partial charge in [0.15, 0.2) is 0 Å². The van der Waals surface area contributed by atoms with Gasteiger partial charge in [-0.3, -0.25) is 4.79 Å². The van der Waals surface area contributed by atoms with Crippen molar-refractivity contribution in [3.8, 4) is 0 Å². The van der Waals surface area contributed by atoms with Crippen molar-refractivity contribution in [2.75, 3.05) is 6.54 Å². The van der Waals surface area contributed by atoms with Gasteiger partial charge in [0, 0.05) is 12.6 Å². The molecule has 0 aliphatic heterocycles. The van der Waals surface area contributed by atoms with Crippen LogP contribution in [-0.4, -0.2) is 17.6 Å². The molecule has 19 heavy (non-hydrogen) atoms. The highest BCUT2D eigenvalue weighted by molar-refractivity contribution is 5.77. The Morgan fingerprint density at radius 3 is 3.11 bits per heavy atom. The second-order valence-electron chi connectivity index (χ2n) is 6.11. The Morgan fingerprint density at radius 1 is 1.42 bits per heavy atom. The second kappa shape index (κ2) is 5.35. The van der Waals surface area contributed by atoms with Crippen LogP contribution in [0.4, 0.5) is 0 Å². The zero-order valence-electron chi connectivity index (χ0n) is 11.5. The highest BCUT2D eigenvalue weighted by atomic mass is 16.5. The number of rotatable bonds is 4. The lowest BCUT2D eigenvalue weighted by atomic mass is 9.92. The molecule has 1 N–H and O–H groups in total. The molecule has 1 heterocycles. The molecule has 1 amide bonds. The van der Waals surface area contributed by atoms with Crippen molar-refractivity contribution in [2.24, 2.45) is 17.8 Å². The molecule has 2 saturated carbocycles. The average Bonchev–Trinajstić information content (AvgIpc) is 3.04. The maximum Gasteiger partial charge on any atom is 0.227 e. The Hall–Kier alpha value is -1.32. The molecule has 0 bridgehead atoms. The smallest absolute Gasteiger partial charge is 0.227 e. The SMILES string of the molecule is Cc1cc(CC(=O)NC[C@H]2CC[C@@H]3CCC[C@@H]32)on1. The summed E-state index contributed by atoms with van der Waals surface area (Å²) in [7, 11) is 0. The Morgan fingerprint density at radius 2 is 2.32 bits per heavy atom. The average molecular weight is 262 g/mol. The van der Waals surface area contributed by atoms with Crippen LogP contribution in [0.5, 0.6) is 0 Å². The standard InChI is InChI=1S/C15H22N2O2/c1-10-7-13(19-17-10)8-15(18)16-9-12-6-5-11-3-2-4-14(11)12/h7,11-12,14H,2-6,8-9H2,1H3,(H,16,18)/t11-,12+,14-/m0/s1. The number of fused-ring (bicyclic) bond motifs is 1. The van der Waals surface area contributed by atoms with Gasteiger partial charge in [-0.05, 0) is 43.9 Å². The lowest BCUT2D eigenvalue weighted by Crippen LogP contribution is -2.32. The van der Waals surface area contributed by atoms with Crippen LogP contribution in [0, 0.1) is 24.7 Å². The van der Waals surface area contributed by atoms with Gasteiger partial charge in [0.1, 0.15) is 5.76 Å². The molecule has 1 aromatic heterocycles. The number of hydrogen-bond donors (Lipinski definition) is 1. The number of aromatic nitrogens is 1. The fourth-order valence-electron chi connectivity index (χ4n) is 3.91. The van der Waals surface area contributed by atoms with Crippen LogP contribution in [0.15, 0.2) is 10.6 Å². The van der Waals surface area contributed by atoms with E-state index in [1.54, 1.807) is 0 Å². The minimum absolute atomic E-state index is 0.0533. The third-order valence-electron chi connectivity index (χ3n) is 4.80. The third-order valence-corrected chi connectivity index (χ3v) is 4.80. The van der Waals surface area contributed by atoms with E-state index in [4.69, 9.17) is 4.52 Å². The van der Waals surface area contributed by atoms with Gasteiger partial charge >= 0.3 is 0 Å². The van der Waals surface area contributed by atoms with E-state index in [2.05, 4.69) is 10.5 Å². The number of hydrogen-bond acceptors (Lipinski definition) is 3. The van der Waals surface area contributed by atoms with E-state index in [0.29, 0.717) is 18.1 Å². The van der Waals surface area contributed by atoms with Gasteiger partial charge in [-0.15, -0.1) is 0 Å². The number of aryl methyl sites for hydroxylation is 1. The normalized spacial score (nSPS) is 29.4. The molecule has 2 aliphatic carbocycles.